The molecule has 3 rings (SSSR count). The highest BCUT2D eigenvalue weighted by molar-refractivity contribution is 7.17. The Morgan fingerprint density at radius 1 is 1.15 bits per heavy atom. The third-order valence-electron chi connectivity index (χ3n) is 4.28. The zero-order valence-corrected chi connectivity index (χ0v) is 16.3. The summed E-state index contributed by atoms with van der Waals surface area (Å²) in [6, 6.07) is 5.05. The maximum atomic E-state index is 12.3. The van der Waals surface area contributed by atoms with Gasteiger partial charge >= 0.3 is 0 Å². The monoisotopic (exact) mass is 408 g/mol. The Labute approximate surface area is 166 Å². The number of carbonyl (C=O) groups is 2. The van der Waals surface area contributed by atoms with Crippen LogP contribution in [0.25, 0.3) is 6.08 Å². The Hall–Kier alpha value is -1.82. The minimum atomic E-state index is -0.496. The quantitative estimate of drug-likeness (QED) is 0.546. The summed E-state index contributed by atoms with van der Waals surface area (Å²) in [7, 11) is 0. The lowest BCUT2D eigenvalue weighted by atomic mass is 10.1. The fourth-order valence-electron chi connectivity index (χ4n) is 3.05. The van der Waals surface area contributed by atoms with Gasteiger partial charge in [0.15, 0.2) is 0 Å². The second-order valence-corrected chi connectivity index (χ2v) is 8.07. The Bertz CT molecular complexity index is 890. The van der Waals surface area contributed by atoms with Crippen molar-refractivity contribution >= 4 is 57.4 Å². The van der Waals surface area contributed by atoms with E-state index in [1.54, 1.807) is 24.3 Å². The topological polar surface area (TPSA) is 72.2 Å². The van der Waals surface area contributed by atoms with Crippen LogP contribution in [0.1, 0.15) is 45.6 Å². The highest BCUT2D eigenvalue weighted by Crippen LogP contribution is 2.37. The van der Waals surface area contributed by atoms with Gasteiger partial charge in [0.2, 0.25) is 5.91 Å². The number of hydrogen-bond acceptors (Lipinski definition) is 3. The molecule has 0 saturated carbocycles. The number of thiophene rings is 1. The van der Waals surface area contributed by atoms with Crippen LogP contribution in [0.3, 0.4) is 0 Å². The molecular weight excluding hydrogens is 391 g/mol. The Morgan fingerprint density at radius 3 is 2.65 bits per heavy atom. The van der Waals surface area contributed by atoms with E-state index in [1.807, 2.05) is 0 Å². The molecule has 26 heavy (non-hydrogen) atoms. The lowest BCUT2D eigenvalue weighted by Crippen LogP contribution is -2.16. The van der Waals surface area contributed by atoms with E-state index in [-0.39, 0.29) is 5.91 Å². The predicted octanol–water partition coefficient (Wildman–Crippen LogP) is 5.07. The molecule has 0 spiro atoms. The Balaban J connectivity index is 1.81. The molecule has 0 atom stereocenters. The second-order valence-electron chi connectivity index (χ2n) is 6.12. The van der Waals surface area contributed by atoms with Crippen LogP contribution in [0.4, 0.5) is 5.00 Å². The molecule has 2 aromatic rings. The van der Waals surface area contributed by atoms with Crippen LogP contribution in [0.2, 0.25) is 10.0 Å². The molecule has 2 amide bonds. The maximum absolute atomic E-state index is 12.3. The van der Waals surface area contributed by atoms with Gasteiger partial charge in [0.1, 0.15) is 5.00 Å². The molecule has 1 aromatic heterocycles. The zero-order valence-electron chi connectivity index (χ0n) is 14.0. The van der Waals surface area contributed by atoms with Crippen molar-refractivity contribution in [2.45, 2.75) is 32.1 Å². The summed E-state index contributed by atoms with van der Waals surface area (Å²) in [6.45, 7) is 0. The largest absolute Gasteiger partial charge is 0.365 e. The van der Waals surface area contributed by atoms with E-state index in [1.165, 1.54) is 17.4 Å². The maximum Gasteiger partial charge on any atom is 0.251 e. The van der Waals surface area contributed by atoms with Gasteiger partial charge in [-0.25, -0.2) is 0 Å². The molecule has 1 aliphatic rings. The van der Waals surface area contributed by atoms with Crippen LogP contribution >= 0.6 is 34.5 Å². The molecule has 136 valence electrons. The van der Waals surface area contributed by atoms with E-state index in [4.69, 9.17) is 28.9 Å². The number of carbonyl (C=O) groups excluding carboxylic acids is 2. The summed E-state index contributed by atoms with van der Waals surface area (Å²) in [5, 5.41) is 4.31. The highest BCUT2D eigenvalue weighted by Gasteiger charge is 2.23. The van der Waals surface area contributed by atoms with Crippen molar-refractivity contribution in [3.05, 3.63) is 55.9 Å². The number of amides is 2. The van der Waals surface area contributed by atoms with E-state index in [2.05, 4.69) is 5.32 Å². The minimum absolute atomic E-state index is 0.338. The van der Waals surface area contributed by atoms with Crippen molar-refractivity contribution in [3.63, 3.8) is 0 Å². The number of primary amides is 1. The van der Waals surface area contributed by atoms with Crippen molar-refractivity contribution in [2.75, 3.05) is 5.32 Å². The summed E-state index contributed by atoms with van der Waals surface area (Å²) in [4.78, 5) is 25.4. The van der Waals surface area contributed by atoms with Crippen LogP contribution in [0, 0.1) is 0 Å². The standard InChI is InChI=1S/C19H18Cl2N2O2S/c20-12-8-6-11(14(21)10-12)7-9-16(24)23-19-17(18(22)25)13-4-2-1-3-5-15(13)26-19/h6-10H,1-5H2,(H2,22,25)(H,23,24). The summed E-state index contributed by atoms with van der Waals surface area (Å²) in [6.07, 6.45) is 8.01. The van der Waals surface area contributed by atoms with E-state index in [9.17, 15) is 9.59 Å². The van der Waals surface area contributed by atoms with Gasteiger partial charge in [-0.15, -0.1) is 11.3 Å². The first kappa shape index (κ1) is 19.0. The van der Waals surface area contributed by atoms with Crippen LogP contribution in [-0.2, 0) is 17.6 Å². The molecular formula is C19H18Cl2N2O2S. The van der Waals surface area contributed by atoms with Gasteiger partial charge in [0, 0.05) is 21.0 Å². The summed E-state index contributed by atoms with van der Waals surface area (Å²) in [5.74, 6) is -0.834. The van der Waals surface area contributed by atoms with E-state index in [0.717, 1.165) is 42.5 Å². The molecule has 1 aliphatic carbocycles. The van der Waals surface area contributed by atoms with E-state index < -0.39 is 5.91 Å². The third-order valence-corrected chi connectivity index (χ3v) is 6.05. The van der Waals surface area contributed by atoms with Crippen molar-refractivity contribution in [1.29, 1.82) is 0 Å². The number of rotatable bonds is 4. The fraction of sp³-hybridized carbons (Fsp3) is 0.263. The molecule has 0 bridgehead atoms. The van der Waals surface area contributed by atoms with Crippen molar-refractivity contribution in [1.82, 2.24) is 0 Å². The number of fused-ring (bicyclic) bond motifs is 1. The number of benzene rings is 1. The summed E-state index contributed by atoms with van der Waals surface area (Å²) in [5.41, 5.74) is 7.72. The van der Waals surface area contributed by atoms with Crippen LogP contribution < -0.4 is 11.1 Å². The average molecular weight is 409 g/mol. The van der Waals surface area contributed by atoms with Crippen molar-refractivity contribution in [3.8, 4) is 0 Å². The molecule has 0 fully saturated rings. The molecule has 7 heteroatoms. The molecule has 0 saturated heterocycles. The Kier molecular flexibility index (Phi) is 6.01. The van der Waals surface area contributed by atoms with Crippen LogP contribution in [0.5, 0.6) is 0 Å². The lowest BCUT2D eigenvalue weighted by molar-refractivity contribution is -0.111. The van der Waals surface area contributed by atoms with Gasteiger partial charge in [-0.05, 0) is 55.0 Å². The molecule has 4 nitrogen and oxygen atoms in total. The van der Waals surface area contributed by atoms with Gasteiger partial charge in [0.25, 0.3) is 5.91 Å². The van der Waals surface area contributed by atoms with E-state index in [0.29, 0.717) is 26.2 Å². The fourth-order valence-corrected chi connectivity index (χ4v) is 4.82. The summed E-state index contributed by atoms with van der Waals surface area (Å²) >= 11 is 13.4. The van der Waals surface area contributed by atoms with Gasteiger partial charge in [0.05, 0.1) is 5.56 Å². The number of halogens is 2. The smallest absolute Gasteiger partial charge is 0.251 e. The normalized spacial score (nSPS) is 14.1. The van der Waals surface area contributed by atoms with Gasteiger partial charge in [-0.1, -0.05) is 35.7 Å². The van der Waals surface area contributed by atoms with Gasteiger partial charge in [-0.2, -0.15) is 0 Å². The van der Waals surface area contributed by atoms with Crippen LogP contribution in [-0.4, -0.2) is 11.8 Å². The number of nitrogens with one attached hydrogen (secondary N) is 1. The first-order valence-corrected chi connectivity index (χ1v) is 9.91. The van der Waals surface area contributed by atoms with Crippen molar-refractivity contribution < 1.29 is 9.59 Å². The third kappa shape index (κ3) is 4.29. The molecule has 3 N–H and O–H groups in total. The molecule has 1 aromatic carbocycles. The minimum Gasteiger partial charge on any atom is -0.365 e. The molecule has 1 heterocycles. The average Bonchev–Trinajstić information content (AvgIpc) is 2.75. The van der Waals surface area contributed by atoms with Crippen molar-refractivity contribution in [2.24, 2.45) is 5.73 Å². The first-order valence-electron chi connectivity index (χ1n) is 8.34. The Morgan fingerprint density at radius 2 is 1.92 bits per heavy atom. The number of nitrogens with two attached hydrogens (primary N) is 1. The SMILES string of the molecule is NC(=O)c1c(NC(=O)C=Cc2ccc(Cl)cc2Cl)sc2c1CCCCC2. The molecule has 0 aliphatic heterocycles. The number of hydrogen-bond donors (Lipinski definition) is 2. The first-order chi connectivity index (χ1) is 12.5. The number of aryl methyl sites for hydroxylation is 1. The van der Waals surface area contributed by atoms with Crippen LogP contribution in [0.15, 0.2) is 24.3 Å². The molecule has 0 unspecified atom stereocenters. The predicted molar refractivity (Wildman–Crippen MR) is 108 cm³/mol. The summed E-state index contributed by atoms with van der Waals surface area (Å²) < 4.78 is 0. The van der Waals surface area contributed by atoms with Gasteiger partial charge in [-0.3, -0.25) is 9.59 Å². The number of anilines is 1. The van der Waals surface area contributed by atoms with Gasteiger partial charge < -0.3 is 11.1 Å². The molecule has 0 radical (unpaired) electrons. The zero-order chi connectivity index (χ0) is 18.7. The lowest BCUT2D eigenvalue weighted by Gasteiger charge is -2.04. The highest BCUT2D eigenvalue weighted by atomic mass is 35.5. The second kappa shape index (κ2) is 8.25. The van der Waals surface area contributed by atoms with E-state index >= 15 is 0 Å².